The maximum atomic E-state index is 13.0. The molecule has 1 aromatic carbocycles. The van der Waals surface area contributed by atoms with E-state index in [1.165, 1.54) is 44.9 Å². The first kappa shape index (κ1) is 21.0. The number of hydrogen-bond donors (Lipinski definition) is 1. The Bertz CT molecular complexity index is 819. The monoisotopic (exact) mass is 424 g/mol. The number of aromatic carboxylic acids is 1. The molecule has 0 unspecified atom stereocenters. The van der Waals surface area contributed by atoms with Gasteiger partial charge in [-0.2, -0.15) is 0 Å². The maximum Gasteiger partial charge on any atom is 0.335 e. The largest absolute Gasteiger partial charge is 0.478 e. The number of carboxylic acid groups (broad SMARTS) is 1. The Balaban J connectivity index is 1.35. The second kappa shape index (κ2) is 8.93. The van der Waals surface area contributed by atoms with E-state index in [2.05, 4.69) is 9.80 Å². The first-order chi connectivity index (χ1) is 15.1. The van der Waals surface area contributed by atoms with E-state index in [0.717, 1.165) is 50.4 Å². The number of piperidine rings is 3. The van der Waals surface area contributed by atoms with Crippen LogP contribution in [0.5, 0.6) is 0 Å². The topological polar surface area (TPSA) is 60.9 Å². The predicted octanol–water partition coefficient (Wildman–Crippen LogP) is 4.56. The number of nitrogens with zero attached hydrogens (tertiary/aromatic N) is 2. The lowest BCUT2D eigenvalue weighted by Crippen LogP contribution is -2.65. The first-order valence-electron chi connectivity index (χ1n) is 12.4. The van der Waals surface area contributed by atoms with Gasteiger partial charge >= 0.3 is 5.97 Å². The lowest BCUT2D eigenvalue weighted by molar-refractivity contribution is -0.154. The van der Waals surface area contributed by atoms with E-state index >= 15 is 0 Å². The molecule has 4 aliphatic rings. The van der Waals surface area contributed by atoms with Crippen molar-refractivity contribution >= 4 is 11.9 Å². The molecule has 168 valence electrons. The van der Waals surface area contributed by atoms with Gasteiger partial charge in [-0.15, -0.1) is 0 Å². The molecule has 3 saturated heterocycles. The predicted molar refractivity (Wildman–Crippen MR) is 120 cm³/mol. The fourth-order valence-electron chi connectivity index (χ4n) is 7.13. The summed E-state index contributed by atoms with van der Waals surface area (Å²) in [5.74, 6) is 1.46. The molecule has 1 aliphatic carbocycles. The fraction of sp³-hybridized carbons (Fsp3) is 0.692. The van der Waals surface area contributed by atoms with Crippen molar-refractivity contribution in [3.8, 4) is 0 Å². The molecule has 3 heterocycles. The Labute approximate surface area is 185 Å². The van der Waals surface area contributed by atoms with Crippen LogP contribution < -0.4 is 0 Å². The quantitative estimate of drug-likeness (QED) is 0.753. The number of hydrogen-bond acceptors (Lipinski definition) is 3. The minimum Gasteiger partial charge on any atom is -0.478 e. The smallest absolute Gasteiger partial charge is 0.335 e. The third-order valence-electron chi connectivity index (χ3n) is 8.45. The van der Waals surface area contributed by atoms with Gasteiger partial charge < -0.3 is 10.0 Å². The van der Waals surface area contributed by atoms with Crippen molar-refractivity contribution in [3.05, 3.63) is 35.4 Å². The standard InChI is InChI=1S/C26H36N2O3/c29-25-11-5-10-23-21-14-22(24(28(23)25)13-18-6-2-1-3-7-18)17-27(16-21)15-19-8-4-9-20(12-19)26(30)31/h4,8-9,12,18,21-24H,1-3,5-7,10-11,13-17H2,(H,30,31)/t21-,22+,23+,24+/m1/s1. The molecule has 1 saturated carbocycles. The Morgan fingerprint density at radius 1 is 1.03 bits per heavy atom. The number of carbonyl (C=O) groups excluding carboxylic acids is 1. The molecule has 1 aromatic rings. The number of benzene rings is 1. The fourth-order valence-corrected chi connectivity index (χ4v) is 7.13. The zero-order valence-corrected chi connectivity index (χ0v) is 18.5. The van der Waals surface area contributed by atoms with Crippen LogP contribution in [0, 0.1) is 17.8 Å². The highest BCUT2D eigenvalue weighted by Crippen LogP contribution is 2.44. The molecule has 5 heteroatoms. The van der Waals surface area contributed by atoms with Crippen LogP contribution in [0.15, 0.2) is 24.3 Å². The minimum atomic E-state index is -0.860. The highest BCUT2D eigenvalue weighted by Gasteiger charge is 2.49. The van der Waals surface area contributed by atoms with Crippen molar-refractivity contribution in [1.29, 1.82) is 0 Å². The summed E-state index contributed by atoms with van der Waals surface area (Å²) in [4.78, 5) is 29.3. The van der Waals surface area contributed by atoms with E-state index < -0.39 is 5.97 Å². The molecular weight excluding hydrogens is 388 g/mol. The minimum absolute atomic E-state index is 0.369. The molecule has 0 aromatic heterocycles. The van der Waals surface area contributed by atoms with E-state index in [4.69, 9.17) is 0 Å². The number of amides is 1. The highest BCUT2D eigenvalue weighted by molar-refractivity contribution is 5.87. The van der Waals surface area contributed by atoms with Crippen LogP contribution in [0.1, 0.15) is 80.1 Å². The van der Waals surface area contributed by atoms with Crippen molar-refractivity contribution in [1.82, 2.24) is 9.80 Å². The molecule has 3 aliphatic heterocycles. The number of carbonyl (C=O) groups is 2. The van der Waals surface area contributed by atoms with E-state index in [0.29, 0.717) is 35.4 Å². The molecule has 4 atom stereocenters. The average molecular weight is 425 g/mol. The van der Waals surface area contributed by atoms with Gasteiger partial charge in [0.2, 0.25) is 5.91 Å². The lowest BCUT2D eigenvalue weighted by atomic mass is 9.69. The third kappa shape index (κ3) is 4.39. The molecule has 2 bridgehead atoms. The Morgan fingerprint density at radius 2 is 1.84 bits per heavy atom. The zero-order valence-electron chi connectivity index (χ0n) is 18.5. The van der Waals surface area contributed by atoms with Crippen LogP contribution in [-0.4, -0.2) is 52.0 Å². The van der Waals surface area contributed by atoms with Crippen LogP contribution in [0.25, 0.3) is 0 Å². The Morgan fingerprint density at radius 3 is 2.65 bits per heavy atom. The molecule has 5 nitrogen and oxygen atoms in total. The summed E-state index contributed by atoms with van der Waals surface area (Å²) in [5.41, 5.74) is 1.45. The molecule has 4 fully saturated rings. The van der Waals surface area contributed by atoms with Gasteiger partial charge in [0.05, 0.1) is 5.56 Å². The first-order valence-corrected chi connectivity index (χ1v) is 12.4. The van der Waals surface area contributed by atoms with Gasteiger partial charge in [-0.3, -0.25) is 9.69 Å². The van der Waals surface area contributed by atoms with Gasteiger partial charge in [0.25, 0.3) is 0 Å². The molecule has 0 spiro atoms. The number of likely N-dealkylation sites (tertiary alicyclic amines) is 1. The molecule has 31 heavy (non-hydrogen) atoms. The van der Waals surface area contributed by atoms with Crippen molar-refractivity contribution in [2.45, 2.75) is 82.8 Å². The van der Waals surface area contributed by atoms with Crippen LogP contribution in [0.3, 0.4) is 0 Å². The summed E-state index contributed by atoms with van der Waals surface area (Å²) in [5, 5.41) is 9.34. The maximum absolute atomic E-state index is 13.0. The molecule has 5 rings (SSSR count). The van der Waals surface area contributed by atoms with E-state index in [1.54, 1.807) is 6.07 Å². The Hall–Kier alpha value is -1.88. The molecule has 1 N–H and O–H groups in total. The molecule has 1 amide bonds. The average Bonchev–Trinajstić information content (AvgIpc) is 2.77. The second-order valence-corrected chi connectivity index (χ2v) is 10.5. The van der Waals surface area contributed by atoms with Crippen LogP contribution in [-0.2, 0) is 11.3 Å². The molecular formula is C26H36N2O3. The summed E-state index contributed by atoms with van der Waals surface area (Å²) in [6.07, 6.45) is 12.2. The molecule has 0 radical (unpaired) electrons. The lowest BCUT2D eigenvalue weighted by Gasteiger charge is -2.57. The number of fused-ring (bicyclic) bond motifs is 4. The van der Waals surface area contributed by atoms with Crippen molar-refractivity contribution < 1.29 is 14.7 Å². The summed E-state index contributed by atoms with van der Waals surface area (Å²) in [6, 6.07) is 8.22. The normalized spacial score (nSPS) is 32.0. The summed E-state index contributed by atoms with van der Waals surface area (Å²) in [7, 11) is 0. The number of carboxylic acids is 1. The van der Waals surface area contributed by atoms with Crippen LogP contribution in [0.4, 0.5) is 0 Å². The van der Waals surface area contributed by atoms with Crippen molar-refractivity contribution in [2.24, 2.45) is 17.8 Å². The second-order valence-electron chi connectivity index (χ2n) is 10.5. The van der Waals surface area contributed by atoms with Gasteiger partial charge in [0.1, 0.15) is 0 Å². The zero-order chi connectivity index (χ0) is 21.4. The van der Waals surface area contributed by atoms with E-state index in [9.17, 15) is 14.7 Å². The summed E-state index contributed by atoms with van der Waals surface area (Å²) < 4.78 is 0. The summed E-state index contributed by atoms with van der Waals surface area (Å²) in [6.45, 7) is 2.87. The van der Waals surface area contributed by atoms with Gasteiger partial charge in [0.15, 0.2) is 0 Å². The van der Waals surface area contributed by atoms with Gasteiger partial charge in [-0.25, -0.2) is 4.79 Å². The summed E-state index contributed by atoms with van der Waals surface area (Å²) >= 11 is 0. The van der Waals surface area contributed by atoms with Gasteiger partial charge in [-0.05, 0) is 61.1 Å². The number of rotatable bonds is 5. The van der Waals surface area contributed by atoms with Gasteiger partial charge in [-0.1, -0.05) is 44.2 Å². The van der Waals surface area contributed by atoms with Crippen LogP contribution in [0.2, 0.25) is 0 Å². The van der Waals surface area contributed by atoms with Gasteiger partial charge in [0, 0.05) is 38.1 Å². The van der Waals surface area contributed by atoms with Crippen LogP contribution >= 0.6 is 0 Å². The van der Waals surface area contributed by atoms with Crippen molar-refractivity contribution in [3.63, 3.8) is 0 Å². The third-order valence-corrected chi connectivity index (χ3v) is 8.45. The SMILES string of the molecule is O=C(O)c1cccc(CN2C[C@H]3C[C@@H](C2)[C@H](CC2CCCCC2)N2C(=O)CCC[C@@H]32)c1. The van der Waals surface area contributed by atoms with E-state index in [-0.39, 0.29) is 0 Å². The Kier molecular flexibility index (Phi) is 6.05. The highest BCUT2D eigenvalue weighted by atomic mass is 16.4. The van der Waals surface area contributed by atoms with E-state index in [1.807, 2.05) is 18.2 Å². The van der Waals surface area contributed by atoms with Crippen molar-refractivity contribution in [2.75, 3.05) is 13.1 Å².